The number of piperidine rings is 1. The maximum absolute atomic E-state index is 12.1. The van der Waals surface area contributed by atoms with Gasteiger partial charge in [0.25, 0.3) is 0 Å². The lowest BCUT2D eigenvalue weighted by molar-refractivity contribution is -0.123. The number of hydrogen-bond donors (Lipinski definition) is 2. The van der Waals surface area contributed by atoms with Crippen molar-refractivity contribution in [1.29, 1.82) is 0 Å². The molecule has 4 nitrogen and oxygen atoms in total. The first-order valence-corrected chi connectivity index (χ1v) is 9.87. The van der Waals surface area contributed by atoms with E-state index in [0.29, 0.717) is 0 Å². The van der Waals surface area contributed by atoms with Crippen molar-refractivity contribution in [1.82, 2.24) is 10.2 Å². The molecule has 1 atom stereocenters. The van der Waals surface area contributed by atoms with Crippen molar-refractivity contribution >= 4 is 54.1 Å². The molecule has 1 saturated heterocycles. The number of rotatable bonds is 7. The lowest BCUT2D eigenvalue weighted by Crippen LogP contribution is -2.49. The molecule has 3 N–H and O–H groups in total. The molecular weight excluding hydrogens is 401 g/mol. The van der Waals surface area contributed by atoms with E-state index in [1.807, 2.05) is 18.4 Å². The highest BCUT2D eigenvalue weighted by Gasteiger charge is 2.22. The van der Waals surface area contributed by atoms with Gasteiger partial charge in [0.1, 0.15) is 0 Å². The molecule has 8 heteroatoms. The number of thioether (sulfide) groups is 1. The number of halogens is 3. The van der Waals surface area contributed by atoms with E-state index >= 15 is 0 Å². The first-order valence-electron chi connectivity index (χ1n) is 8.10. The molecule has 1 aliphatic heterocycles. The number of benzene rings is 1. The van der Waals surface area contributed by atoms with Gasteiger partial charge in [-0.2, -0.15) is 11.8 Å². The van der Waals surface area contributed by atoms with Gasteiger partial charge in [0, 0.05) is 30.7 Å². The zero-order valence-electron chi connectivity index (χ0n) is 14.4. The first-order chi connectivity index (χ1) is 11.1. The van der Waals surface area contributed by atoms with Gasteiger partial charge in [0.15, 0.2) is 0 Å². The Morgan fingerprint density at radius 2 is 1.92 bits per heavy atom. The molecule has 0 unspecified atom stereocenters. The third-order valence-corrected chi connectivity index (χ3v) is 5.12. The Morgan fingerprint density at radius 1 is 1.32 bits per heavy atom. The molecule has 0 spiro atoms. The van der Waals surface area contributed by atoms with Crippen LogP contribution in [-0.2, 0) is 11.3 Å². The van der Waals surface area contributed by atoms with Crippen LogP contribution in [0.3, 0.4) is 0 Å². The summed E-state index contributed by atoms with van der Waals surface area (Å²) < 4.78 is 0. The van der Waals surface area contributed by atoms with E-state index in [4.69, 9.17) is 17.3 Å². The Labute approximate surface area is 172 Å². The Balaban J connectivity index is 0.00000288. The smallest absolute Gasteiger partial charge is 0.237 e. The van der Waals surface area contributed by atoms with Gasteiger partial charge in [-0.15, -0.1) is 24.8 Å². The standard InChI is InChI=1S/C17H26ClN3OS.2ClH/c1-23-11-8-16(19)17(22)20-15-6-9-21(10-7-15)12-13-2-4-14(18)5-3-13;;/h2-5,15-16H,6-12,19H2,1H3,(H,20,22);2*1H/t16-;;/m0../s1. The van der Waals surface area contributed by atoms with Crippen LogP contribution in [0.5, 0.6) is 0 Å². The second kappa shape index (κ2) is 13.1. The Morgan fingerprint density at radius 3 is 2.48 bits per heavy atom. The molecule has 0 bridgehead atoms. The van der Waals surface area contributed by atoms with E-state index in [2.05, 4.69) is 22.3 Å². The number of nitrogens with zero attached hydrogens (tertiary/aromatic N) is 1. The minimum atomic E-state index is -0.380. The lowest BCUT2D eigenvalue weighted by atomic mass is 10.0. The highest BCUT2D eigenvalue weighted by Crippen LogP contribution is 2.16. The fraction of sp³-hybridized carbons (Fsp3) is 0.588. The van der Waals surface area contributed by atoms with Crippen molar-refractivity contribution in [2.24, 2.45) is 5.73 Å². The monoisotopic (exact) mass is 427 g/mol. The Kier molecular flexibility index (Phi) is 13.0. The number of likely N-dealkylation sites (tertiary alicyclic amines) is 1. The molecule has 1 aromatic rings. The second-order valence-corrected chi connectivity index (χ2v) is 7.50. The average Bonchev–Trinajstić information content (AvgIpc) is 2.56. The molecule has 0 radical (unpaired) electrons. The molecule has 2 rings (SSSR count). The SMILES string of the molecule is CSCC[C@H](N)C(=O)NC1CCN(Cc2ccc(Cl)cc2)CC1.Cl.Cl. The number of nitrogens with one attached hydrogen (secondary N) is 1. The molecule has 0 saturated carbocycles. The van der Waals surface area contributed by atoms with Crippen LogP contribution in [0.25, 0.3) is 0 Å². The van der Waals surface area contributed by atoms with Crippen molar-refractivity contribution < 1.29 is 4.79 Å². The minimum Gasteiger partial charge on any atom is -0.352 e. The molecule has 1 aromatic carbocycles. The van der Waals surface area contributed by atoms with E-state index in [9.17, 15) is 4.79 Å². The Bertz CT molecular complexity index is 496. The van der Waals surface area contributed by atoms with Gasteiger partial charge in [-0.25, -0.2) is 0 Å². The summed E-state index contributed by atoms with van der Waals surface area (Å²) in [4.78, 5) is 14.5. The molecule has 144 valence electrons. The average molecular weight is 429 g/mol. The van der Waals surface area contributed by atoms with Crippen molar-refractivity contribution in [2.45, 2.75) is 37.9 Å². The van der Waals surface area contributed by atoms with Gasteiger partial charge in [0.2, 0.25) is 5.91 Å². The van der Waals surface area contributed by atoms with Crippen molar-refractivity contribution in [3.8, 4) is 0 Å². The van der Waals surface area contributed by atoms with Crippen LogP contribution in [-0.4, -0.2) is 48.0 Å². The van der Waals surface area contributed by atoms with Crippen LogP contribution < -0.4 is 11.1 Å². The maximum Gasteiger partial charge on any atom is 0.237 e. The lowest BCUT2D eigenvalue weighted by Gasteiger charge is -2.32. The number of carbonyl (C=O) groups excluding carboxylic acids is 1. The van der Waals surface area contributed by atoms with Crippen LogP contribution in [0, 0.1) is 0 Å². The summed E-state index contributed by atoms with van der Waals surface area (Å²) in [6.07, 6.45) is 4.73. The molecule has 1 heterocycles. The van der Waals surface area contributed by atoms with E-state index in [1.54, 1.807) is 11.8 Å². The predicted octanol–water partition coefficient (Wildman–Crippen LogP) is 3.34. The Hall–Kier alpha value is -0.170. The van der Waals surface area contributed by atoms with Gasteiger partial charge >= 0.3 is 0 Å². The van der Waals surface area contributed by atoms with Crippen LogP contribution >= 0.6 is 48.2 Å². The summed E-state index contributed by atoms with van der Waals surface area (Å²) in [5, 5.41) is 3.87. The molecular formula is C17H28Cl3N3OS. The van der Waals surface area contributed by atoms with Crippen LogP contribution in [0.2, 0.25) is 5.02 Å². The topological polar surface area (TPSA) is 58.4 Å². The number of amides is 1. The highest BCUT2D eigenvalue weighted by atomic mass is 35.5. The predicted molar refractivity (Wildman–Crippen MR) is 113 cm³/mol. The second-order valence-electron chi connectivity index (χ2n) is 6.07. The zero-order chi connectivity index (χ0) is 16.7. The third kappa shape index (κ3) is 8.85. The van der Waals surface area contributed by atoms with Crippen molar-refractivity contribution in [3.05, 3.63) is 34.9 Å². The highest BCUT2D eigenvalue weighted by molar-refractivity contribution is 7.98. The van der Waals surface area contributed by atoms with E-state index in [-0.39, 0.29) is 42.8 Å². The van der Waals surface area contributed by atoms with Gasteiger partial charge in [-0.1, -0.05) is 23.7 Å². The molecule has 1 fully saturated rings. The van der Waals surface area contributed by atoms with Crippen molar-refractivity contribution in [2.75, 3.05) is 25.1 Å². The van der Waals surface area contributed by atoms with E-state index in [0.717, 1.165) is 49.7 Å². The summed E-state index contributed by atoms with van der Waals surface area (Å²) in [6.45, 7) is 2.92. The number of carbonyl (C=O) groups is 1. The molecule has 25 heavy (non-hydrogen) atoms. The summed E-state index contributed by atoms with van der Waals surface area (Å²) >= 11 is 7.63. The van der Waals surface area contributed by atoms with Crippen LogP contribution in [0.1, 0.15) is 24.8 Å². The largest absolute Gasteiger partial charge is 0.352 e. The van der Waals surface area contributed by atoms with Gasteiger partial charge in [-0.05, 0) is 49.0 Å². The fourth-order valence-corrected chi connectivity index (χ4v) is 3.38. The van der Waals surface area contributed by atoms with Gasteiger partial charge in [-0.3, -0.25) is 9.69 Å². The molecule has 0 aliphatic carbocycles. The summed E-state index contributed by atoms with van der Waals surface area (Å²) in [5.41, 5.74) is 7.19. The summed E-state index contributed by atoms with van der Waals surface area (Å²) in [7, 11) is 0. The van der Waals surface area contributed by atoms with Crippen molar-refractivity contribution in [3.63, 3.8) is 0 Å². The quantitative estimate of drug-likeness (QED) is 0.699. The van der Waals surface area contributed by atoms with Gasteiger partial charge < -0.3 is 11.1 Å². The van der Waals surface area contributed by atoms with E-state index < -0.39 is 0 Å². The van der Waals surface area contributed by atoms with Gasteiger partial charge in [0.05, 0.1) is 6.04 Å². The van der Waals surface area contributed by atoms with Crippen LogP contribution in [0.4, 0.5) is 0 Å². The number of nitrogens with two attached hydrogens (primary N) is 1. The van der Waals surface area contributed by atoms with Crippen LogP contribution in [0.15, 0.2) is 24.3 Å². The first kappa shape index (κ1) is 24.8. The minimum absolute atomic E-state index is 0. The molecule has 1 aliphatic rings. The molecule has 0 aromatic heterocycles. The normalized spacial score (nSPS) is 16.4. The number of hydrogen-bond acceptors (Lipinski definition) is 4. The third-order valence-electron chi connectivity index (χ3n) is 4.22. The summed E-state index contributed by atoms with van der Waals surface area (Å²) in [6, 6.07) is 7.88. The fourth-order valence-electron chi connectivity index (χ4n) is 2.77. The summed E-state index contributed by atoms with van der Waals surface area (Å²) in [5.74, 6) is 0.920. The van der Waals surface area contributed by atoms with E-state index in [1.165, 1.54) is 5.56 Å². The zero-order valence-corrected chi connectivity index (χ0v) is 17.7. The maximum atomic E-state index is 12.1. The molecule has 1 amide bonds.